The number of fused-ring (bicyclic) bond motifs is 1. The van der Waals surface area contributed by atoms with E-state index in [1.165, 1.54) is 11.3 Å². The van der Waals surface area contributed by atoms with Gasteiger partial charge in [0, 0.05) is 31.6 Å². The fourth-order valence-electron chi connectivity index (χ4n) is 2.84. The molecule has 1 atom stereocenters. The number of thiophene rings is 1. The van der Waals surface area contributed by atoms with Crippen molar-refractivity contribution in [1.82, 2.24) is 5.32 Å². The fraction of sp³-hybridized carbons (Fsp3) is 0.333. The predicted octanol–water partition coefficient (Wildman–Crippen LogP) is 2.27. The van der Waals surface area contributed by atoms with Gasteiger partial charge in [0.15, 0.2) is 0 Å². The van der Waals surface area contributed by atoms with Crippen LogP contribution in [0.4, 0.5) is 5.69 Å². The number of hydrogen-bond acceptors (Lipinski definition) is 4. The summed E-state index contributed by atoms with van der Waals surface area (Å²) < 4.78 is 0. The summed E-state index contributed by atoms with van der Waals surface area (Å²) in [5.41, 5.74) is 2.85. The molecule has 2 heterocycles. The highest BCUT2D eigenvalue weighted by Crippen LogP contribution is 2.27. The molecule has 126 valence electrons. The summed E-state index contributed by atoms with van der Waals surface area (Å²) >= 11 is 1.51. The molecule has 0 radical (unpaired) electrons. The van der Waals surface area contributed by atoms with Crippen LogP contribution in [0.25, 0.3) is 0 Å². The molecule has 1 aromatic carbocycles. The van der Waals surface area contributed by atoms with Gasteiger partial charge in [0.2, 0.25) is 11.8 Å². The summed E-state index contributed by atoms with van der Waals surface area (Å²) in [5, 5.41) is 16.5. The van der Waals surface area contributed by atoms with Crippen molar-refractivity contribution < 1.29 is 14.7 Å². The van der Waals surface area contributed by atoms with Crippen LogP contribution in [-0.2, 0) is 16.0 Å². The van der Waals surface area contributed by atoms with Crippen molar-refractivity contribution in [1.29, 1.82) is 0 Å². The Bertz CT molecular complexity index is 715. The zero-order chi connectivity index (χ0) is 16.9. The van der Waals surface area contributed by atoms with Crippen LogP contribution >= 0.6 is 11.3 Å². The zero-order valence-electron chi connectivity index (χ0n) is 13.3. The average molecular weight is 344 g/mol. The van der Waals surface area contributed by atoms with Gasteiger partial charge in [-0.15, -0.1) is 0 Å². The molecular weight excluding hydrogens is 324 g/mol. The average Bonchev–Trinajstić information content (AvgIpc) is 3.13. The van der Waals surface area contributed by atoms with Crippen LogP contribution in [0.2, 0.25) is 0 Å². The van der Waals surface area contributed by atoms with Gasteiger partial charge in [0.25, 0.3) is 0 Å². The summed E-state index contributed by atoms with van der Waals surface area (Å²) in [5.74, 6) is -0.111. The second-order valence-corrected chi connectivity index (χ2v) is 6.58. The van der Waals surface area contributed by atoms with E-state index in [0.717, 1.165) is 23.2 Å². The van der Waals surface area contributed by atoms with Crippen LogP contribution in [-0.4, -0.2) is 30.0 Å². The van der Waals surface area contributed by atoms with E-state index in [2.05, 4.69) is 5.32 Å². The lowest BCUT2D eigenvalue weighted by molar-refractivity contribution is -0.121. The first-order valence-corrected chi connectivity index (χ1v) is 8.94. The monoisotopic (exact) mass is 344 g/mol. The summed E-state index contributed by atoms with van der Waals surface area (Å²) in [6.45, 7) is 0.538. The SMILES string of the molecule is O=C(CCN1C(=O)CCc2ccccc21)NCC(O)c1ccsc1. The van der Waals surface area contributed by atoms with Crippen molar-refractivity contribution in [3.05, 3.63) is 52.2 Å². The van der Waals surface area contributed by atoms with E-state index in [0.29, 0.717) is 13.0 Å². The molecule has 2 amide bonds. The molecule has 2 N–H and O–H groups in total. The van der Waals surface area contributed by atoms with Gasteiger partial charge >= 0.3 is 0 Å². The Morgan fingerprint density at radius 3 is 2.92 bits per heavy atom. The molecule has 0 saturated carbocycles. The number of amides is 2. The Hall–Kier alpha value is -2.18. The van der Waals surface area contributed by atoms with Crippen molar-refractivity contribution in [2.45, 2.75) is 25.4 Å². The second-order valence-electron chi connectivity index (χ2n) is 5.80. The number of para-hydroxylation sites is 1. The molecule has 0 saturated heterocycles. The topological polar surface area (TPSA) is 69.6 Å². The van der Waals surface area contributed by atoms with E-state index >= 15 is 0 Å². The maximum absolute atomic E-state index is 12.1. The van der Waals surface area contributed by atoms with Crippen molar-refractivity contribution >= 4 is 28.8 Å². The lowest BCUT2D eigenvalue weighted by Gasteiger charge is -2.29. The van der Waals surface area contributed by atoms with Crippen molar-refractivity contribution in [3.8, 4) is 0 Å². The summed E-state index contributed by atoms with van der Waals surface area (Å²) in [6.07, 6.45) is 0.758. The molecule has 0 bridgehead atoms. The van der Waals surface area contributed by atoms with E-state index in [-0.39, 0.29) is 24.8 Å². The number of anilines is 1. The van der Waals surface area contributed by atoms with Crippen LogP contribution in [0.15, 0.2) is 41.1 Å². The molecule has 1 unspecified atom stereocenters. The van der Waals surface area contributed by atoms with E-state index in [4.69, 9.17) is 0 Å². The molecule has 3 rings (SSSR count). The van der Waals surface area contributed by atoms with Crippen LogP contribution in [0.3, 0.4) is 0 Å². The minimum Gasteiger partial charge on any atom is -0.387 e. The maximum Gasteiger partial charge on any atom is 0.227 e. The van der Waals surface area contributed by atoms with Gasteiger partial charge in [-0.1, -0.05) is 18.2 Å². The van der Waals surface area contributed by atoms with Crippen LogP contribution < -0.4 is 10.2 Å². The Labute approximate surface area is 144 Å². The lowest BCUT2D eigenvalue weighted by Crippen LogP contribution is -2.38. The number of aliphatic hydroxyl groups is 1. The van der Waals surface area contributed by atoms with Crippen molar-refractivity contribution in [2.24, 2.45) is 0 Å². The molecule has 5 nitrogen and oxygen atoms in total. The van der Waals surface area contributed by atoms with Crippen molar-refractivity contribution in [3.63, 3.8) is 0 Å². The quantitative estimate of drug-likeness (QED) is 0.844. The van der Waals surface area contributed by atoms with Crippen LogP contribution in [0.5, 0.6) is 0 Å². The summed E-state index contributed by atoms with van der Waals surface area (Å²) in [7, 11) is 0. The highest BCUT2D eigenvalue weighted by atomic mass is 32.1. The Kier molecular flexibility index (Phi) is 5.27. The number of benzene rings is 1. The highest BCUT2D eigenvalue weighted by molar-refractivity contribution is 7.07. The molecule has 1 aliphatic rings. The molecule has 24 heavy (non-hydrogen) atoms. The third kappa shape index (κ3) is 3.83. The van der Waals surface area contributed by atoms with Crippen molar-refractivity contribution in [2.75, 3.05) is 18.0 Å². The minimum atomic E-state index is -0.697. The first-order valence-electron chi connectivity index (χ1n) is 8.00. The van der Waals surface area contributed by atoms with Gasteiger partial charge in [-0.3, -0.25) is 9.59 Å². The highest BCUT2D eigenvalue weighted by Gasteiger charge is 2.24. The second kappa shape index (κ2) is 7.59. The molecule has 1 aromatic heterocycles. The molecule has 0 aliphatic carbocycles. The Morgan fingerprint density at radius 1 is 1.29 bits per heavy atom. The van der Waals surface area contributed by atoms with E-state index in [1.807, 2.05) is 41.1 Å². The van der Waals surface area contributed by atoms with Gasteiger partial charge in [0.1, 0.15) is 0 Å². The first kappa shape index (κ1) is 16.7. The van der Waals surface area contributed by atoms with Gasteiger partial charge in [-0.05, 0) is 40.4 Å². The van der Waals surface area contributed by atoms with Crippen LogP contribution in [0.1, 0.15) is 30.1 Å². The summed E-state index contributed by atoms with van der Waals surface area (Å²) in [4.78, 5) is 25.9. The lowest BCUT2D eigenvalue weighted by atomic mass is 10.0. The van der Waals surface area contributed by atoms with Gasteiger partial charge in [-0.2, -0.15) is 11.3 Å². The number of aliphatic hydroxyl groups excluding tert-OH is 1. The van der Waals surface area contributed by atoms with Gasteiger partial charge < -0.3 is 15.3 Å². The minimum absolute atomic E-state index is 0.0554. The number of nitrogens with zero attached hydrogens (tertiary/aromatic N) is 1. The smallest absolute Gasteiger partial charge is 0.227 e. The molecule has 6 heteroatoms. The molecule has 2 aromatic rings. The van der Waals surface area contributed by atoms with Gasteiger partial charge in [-0.25, -0.2) is 0 Å². The standard InChI is InChI=1S/C18H20N2O3S/c21-16(14-8-10-24-12-14)11-19-17(22)7-9-20-15-4-2-1-3-13(15)5-6-18(20)23/h1-4,8,10,12,16,21H,5-7,9,11H2,(H,19,22). The van der Waals surface area contributed by atoms with E-state index in [1.54, 1.807) is 4.90 Å². The maximum atomic E-state index is 12.1. The molecule has 1 aliphatic heterocycles. The first-order chi connectivity index (χ1) is 11.6. The molecule has 0 spiro atoms. The fourth-order valence-corrected chi connectivity index (χ4v) is 3.54. The number of carbonyl (C=O) groups excluding carboxylic acids is 2. The van der Waals surface area contributed by atoms with E-state index < -0.39 is 6.10 Å². The third-order valence-corrected chi connectivity index (χ3v) is 4.88. The number of hydrogen-bond donors (Lipinski definition) is 2. The third-order valence-electron chi connectivity index (χ3n) is 4.17. The van der Waals surface area contributed by atoms with E-state index in [9.17, 15) is 14.7 Å². The zero-order valence-corrected chi connectivity index (χ0v) is 14.1. The summed E-state index contributed by atoms with van der Waals surface area (Å²) in [6, 6.07) is 9.65. The Morgan fingerprint density at radius 2 is 2.12 bits per heavy atom. The predicted molar refractivity (Wildman–Crippen MR) is 94.0 cm³/mol. The molecule has 0 fully saturated rings. The normalized spacial score (nSPS) is 15.0. The van der Waals surface area contributed by atoms with Crippen LogP contribution in [0, 0.1) is 0 Å². The number of nitrogens with one attached hydrogen (secondary N) is 1. The number of aryl methyl sites for hydroxylation is 1. The largest absolute Gasteiger partial charge is 0.387 e. The molecular formula is C18H20N2O3S. The van der Waals surface area contributed by atoms with Gasteiger partial charge in [0.05, 0.1) is 6.10 Å². The Balaban J connectivity index is 1.52. The number of carbonyl (C=O) groups is 2. The number of rotatable bonds is 6.